The standard InChI is InChI=1S/C20H28F3N5O2.HI/c21-20(22,23)30-17-7-5-16(6-8-17)26-19(24)25-9-10-27-11-13-28(14-12-27)18(29)15-3-1-2-4-15;/h5-8,15H,1-4,9-14H2,(H3,24,25,26);1H. The number of alkyl halides is 3. The highest BCUT2D eigenvalue weighted by Gasteiger charge is 2.31. The Balaban J connectivity index is 0.00000341. The average Bonchev–Trinajstić information content (AvgIpc) is 3.23. The van der Waals surface area contributed by atoms with Crippen molar-refractivity contribution in [2.24, 2.45) is 16.6 Å². The molecule has 7 nitrogen and oxygen atoms in total. The van der Waals surface area contributed by atoms with E-state index >= 15 is 0 Å². The van der Waals surface area contributed by atoms with Crippen molar-refractivity contribution in [1.29, 1.82) is 0 Å². The van der Waals surface area contributed by atoms with Crippen LogP contribution in [0, 0.1) is 5.92 Å². The molecule has 1 saturated heterocycles. The van der Waals surface area contributed by atoms with E-state index in [0.717, 1.165) is 58.4 Å². The van der Waals surface area contributed by atoms with E-state index in [1.807, 2.05) is 4.90 Å². The zero-order valence-electron chi connectivity index (χ0n) is 17.2. The van der Waals surface area contributed by atoms with Crippen LogP contribution in [0.5, 0.6) is 5.75 Å². The molecular formula is C20H29F3IN5O2. The Bertz CT molecular complexity index is 731. The van der Waals surface area contributed by atoms with Crippen molar-refractivity contribution in [3.63, 3.8) is 0 Å². The number of anilines is 1. The summed E-state index contributed by atoms with van der Waals surface area (Å²) in [4.78, 5) is 21.0. The monoisotopic (exact) mass is 555 g/mol. The third-order valence-corrected chi connectivity index (χ3v) is 5.45. The fourth-order valence-electron chi connectivity index (χ4n) is 3.86. The van der Waals surface area contributed by atoms with Crippen LogP contribution >= 0.6 is 24.0 Å². The number of benzene rings is 1. The van der Waals surface area contributed by atoms with Gasteiger partial charge in [0.2, 0.25) is 5.91 Å². The summed E-state index contributed by atoms with van der Waals surface area (Å²) in [6, 6.07) is 5.28. The molecule has 1 aromatic rings. The highest BCUT2D eigenvalue weighted by atomic mass is 127. The van der Waals surface area contributed by atoms with E-state index in [4.69, 9.17) is 5.73 Å². The molecule has 0 bridgehead atoms. The van der Waals surface area contributed by atoms with Crippen LogP contribution in [0.3, 0.4) is 0 Å². The number of aliphatic imine (C=N–C) groups is 1. The maximum absolute atomic E-state index is 12.5. The van der Waals surface area contributed by atoms with Crippen LogP contribution < -0.4 is 15.8 Å². The SMILES string of the molecule is I.NC(=NCCN1CCN(C(=O)C2CCCC2)CC1)Nc1ccc(OC(F)(F)F)cc1. The number of ether oxygens (including phenoxy) is 1. The predicted molar refractivity (Wildman–Crippen MR) is 124 cm³/mol. The minimum atomic E-state index is -4.72. The first kappa shape index (κ1) is 25.5. The zero-order chi connectivity index (χ0) is 21.6. The number of halogens is 4. The maximum atomic E-state index is 12.5. The van der Waals surface area contributed by atoms with Crippen LogP contribution in [0.4, 0.5) is 18.9 Å². The lowest BCUT2D eigenvalue weighted by Crippen LogP contribution is -2.50. The molecule has 2 aliphatic rings. The molecule has 1 amide bonds. The summed E-state index contributed by atoms with van der Waals surface area (Å²) in [6.45, 7) is 4.36. The van der Waals surface area contributed by atoms with E-state index in [2.05, 4.69) is 19.9 Å². The number of nitrogens with zero attached hydrogens (tertiary/aromatic N) is 3. The van der Waals surface area contributed by atoms with E-state index in [-0.39, 0.29) is 41.6 Å². The summed E-state index contributed by atoms with van der Waals surface area (Å²) in [5.41, 5.74) is 6.37. The number of carbonyl (C=O) groups is 1. The van der Waals surface area contributed by atoms with Gasteiger partial charge in [0, 0.05) is 44.3 Å². The van der Waals surface area contributed by atoms with Crippen molar-refractivity contribution in [3.8, 4) is 5.75 Å². The number of nitrogens with two attached hydrogens (primary N) is 1. The minimum absolute atomic E-state index is 0. The largest absolute Gasteiger partial charge is 0.573 e. The van der Waals surface area contributed by atoms with E-state index in [1.165, 1.54) is 24.3 Å². The van der Waals surface area contributed by atoms with Gasteiger partial charge in [0.25, 0.3) is 0 Å². The Hall–Kier alpha value is -1.76. The van der Waals surface area contributed by atoms with Gasteiger partial charge >= 0.3 is 6.36 Å². The van der Waals surface area contributed by atoms with Crippen LogP contribution in [-0.2, 0) is 4.79 Å². The minimum Gasteiger partial charge on any atom is -0.406 e. The second-order valence-corrected chi connectivity index (χ2v) is 7.61. The van der Waals surface area contributed by atoms with E-state index < -0.39 is 6.36 Å². The number of piperazine rings is 1. The lowest BCUT2D eigenvalue weighted by molar-refractivity contribution is -0.274. The molecular weight excluding hydrogens is 526 g/mol. The summed E-state index contributed by atoms with van der Waals surface area (Å²) in [5, 5.41) is 2.84. The van der Waals surface area contributed by atoms with Crippen molar-refractivity contribution in [2.45, 2.75) is 32.0 Å². The molecule has 1 heterocycles. The Morgan fingerprint density at radius 1 is 1.13 bits per heavy atom. The molecule has 2 fully saturated rings. The second-order valence-electron chi connectivity index (χ2n) is 7.61. The molecule has 0 unspecified atom stereocenters. The van der Waals surface area contributed by atoms with Crippen molar-refractivity contribution in [2.75, 3.05) is 44.6 Å². The normalized spacial score (nSPS) is 18.5. The van der Waals surface area contributed by atoms with Crippen LogP contribution in [-0.4, -0.2) is 67.3 Å². The van der Waals surface area contributed by atoms with E-state index in [9.17, 15) is 18.0 Å². The summed E-state index contributed by atoms with van der Waals surface area (Å²) < 4.78 is 40.4. The van der Waals surface area contributed by atoms with Crippen LogP contribution in [0.15, 0.2) is 29.3 Å². The first-order valence-electron chi connectivity index (χ1n) is 10.2. The van der Waals surface area contributed by atoms with Crippen molar-refractivity contribution < 1.29 is 22.7 Å². The molecule has 3 N–H and O–H groups in total. The average molecular weight is 555 g/mol. The number of nitrogens with one attached hydrogen (secondary N) is 1. The summed E-state index contributed by atoms with van der Waals surface area (Å²) in [6.07, 6.45) is -0.342. The molecule has 1 aromatic carbocycles. The fraction of sp³-hybridized carbons (Fsp3) is 0.600. The summed E-state index contributed by atoms with van der Waals surface area (Å²) in [7, 11) is 0. The molecule has 0 atom stereocenters. The Kier molecular flexibility index (Phi) is 9.66. The molecule has 1 aliphatic carbocycles. The summed E-state index contributed by atoms with van der Waals surface area (Å²) in [5.74, 6) is 0.426. The Labute approximate surface area is 197 Å². The van der Waals surface area contributed by atoms with Gasteiger partial charge in [-0.05, 0) is 37.1 Å². The van der Waals surface area contributed by atoms with Gasteiger partial charge in [0.1, 0.15) is 5.75 Å². The topological polar surface area (TPSA) is 83.2 Å². The lowest BCUT2D eigenvalue weighted by atomic mass is 10.1. The smallest absolute Gasteiger partial charge is 0.406 e. The number of rotatable bonds is 6. The van der Waals surface area contributed by atoms with Gasteiger partial charge in [0.05, 0.1) is 6.54 Å². The molecule has 0 aromatic heterocycles. The van der Waals surface area contributed by atoms with Gasteiger partial charge in [-0.3, -0.25) is 14.7 Å². The number of carbonyl (C=O) groups excluding carboxylic acids is 1. The molecule has 0 spiro atoms. The number of hydrogen-bond donors (Lipinski definition) is 2. The number of amides is 1. The van der Waals surface area contributed by atoms with Crippen LogP contribution in [0.2, 0.25) is 0 Å². The first-order chi connectivity index (χ1) is 14.3. The zero-order valence-corrected chi connectivity index (χ0v) is 19.6. The lowest BCUT2D eigenvalue weighted by Gasteiger charge is -2.35. The third kappa shape index (κ3) is 8.36. The van der Waals surface area contributed by atoms with Crippen molar-refractivity contribution in [1.82, 2.24) is 9.80 Å². The van der Waals surface area contributed by atoms with Gasteiger partial charge in [-0.2, -0.15) is 0 Å². The van der Waals surface area contributed by atoms with Gasteiger partial charge in [-0.25, -0.2) is 0 Å². The van der Waals surface area contributed by atoms with Gasteiger partial charge in [-0.15, -0.1) is 37.1 Å². The predicted octanol–water partition coefficient (Wildman–Crippen LogP) is 3.26. The van der Waals surface area contributed by atoms with Crippen molar-refractivity contribution in [3.05, 3.63) is 24.3 Å². The molecule has 31 heavy (non-hydrogen) atoms. The maximum Gasteiger partial charge on any atom is 0.573 e. The highest BCUT2D eigenvalue weighted by molar-refractivity contribution is 14.0. The fourth-order valence-corrected chi connectivity index (χ4v) is 3.86. The van der Waals surface area contributed by atoms with Crippen LogP contribution in [0.25, 0.3) is 0 Å². The molecule has 11 heteroatoms. The van der Waals surface area contributed by atoms with Gasteiger partial charge in [-0.1, -0.05) is 12.8 Å². The van der Waals surface area contributed by atoms with Crippen molar-refractivity contribution >= 4 is 41.5 Å². The second kappa shape index (κ2) is 11.7. The van der Waals surface area contributed by atoms with Gasteiger partial charge < -0.3 is 20.7 Å². The van der Waals surface area contributed by atoms with E-state index in [0.29, 0.717) is 18.1 Å². The highest BCUT2D eigenvalue weighted by Crippen LogP contribution is 2.27. The first-order valence-corrected chi connectivity index (χ1v) is 10.2. The molecule has 174 valence electrons. The Morgan fingerprint density at radius 3 is 2.32 bits per heavy atom. The quantitative estimate of drug-likeness (QED) is 0.320. The summed E-state index contributed by atoms with van der Waals surface area (Å²) >= 11 is 0. The third-order valence-electron chi connectivity index (χ3n) is 5.45. The molecule has 1 aliphatic heterocycles. The van der Waals surface area contributed by atoms with Crippen LogP contribution in [0.1, 0.15) is 25.7 Å². The molecule has 0 radical (unpaired) electrons. The number of guanidine groups is 1. The van der Waals surface area contributed by atoms with Gasteiger partial charge in [0.15, 0.2) is 5.96 Å². The van der Waals surface area contributed by atoms with E-state index in [1.54, 1.807) is 0 Å². The Morgan fingerprint density at radius 2 is 1.74 bits per heavy atom. The number of hydrogen-bond acceptors (Lipinski definition) is 4. The molecule has 3 rings (SSSR count). The molecule has 1 saturated carbocycles.